The number of ether oxygens (including phenoxy) is 1. The molecule has 1 amide bonds. The Balaban J connectivity index is 2.38. The van der Waals surface area contributed by atoms with Crippen LogP contribution in [0.5, 0.6) is 0 Å². The highest BCUT2D eigenvalue weighted by Crippen LogP contribution is 2.33. The van der Waals surface area contributed by atoms with E-state index in [0.717, 1.165) is 6.07 Å². The first kappa shape index (κ1) is 15.9. The monoisotopic (exact) mass is 361 g/mol. The molecule has 21 heavy (non-hydrogen) atoms. The van der Waals surface area contributed by atoms with Gasteiger partial charge in [-0.15, -0.1) is 0 Å². The summed E-state index contributed by atoms with van der Waals surface area (Å²) in [6.07, 6.45) is 0.536. The number of hydrogen-bond acceptors (Lipinski definition) is 3. The molecule has 4 nitrogen and oxygen atoms in total. The van der Waals surface area contributed by atoms with E-state index in [0.29, 0.717) is 6.42 Å². The molecule has 114 valence electrons. The first-order valence-corrected chi connectivity index (χ1v) is 7.19. The highest BCUT2D eigenvalue weighted by molar-refractivity contribution is 9.10. The quantitative estimate of drug-likeness (QED) is 0.614. The van der Waals surface area contributed by atoms with Crippen LogP contribution in [0.4, 0.5) is 8.78 Å². The summed E-state index contributed by atoms with van der Waals surface area (Å²) >= 11 is 2.99. The minimum atomic E-state index is -0.758. The fourth-order valence-electron chi connectivity index (χ4n) is 2.56. The van der Waals surface area contributed by atoms with E-state index in [-0.39, 0.29) is 22.4 Å². The van der Waals surface area contributed by atoms with E-state index in [1.165, 1.54) is 18.1 Å². The highest BCUT2D eigenvalue weighted by Gasteiger charge is 2.40. The number of carbonyl (C=O) groups is 2. The number of hydrogen-bond donors (Lipinski definition) is 0. The number of carbonyl (C=O) groups excluding carboxylic acids is 2. The van der Waals surface area contributed by atoms with Gasteiger partial charge in [-0.05, 0) is 35.3 Å². The molecule has 2 atom stereocenters. The topological polar surface area (TPSA) is 46.6 Å². The van der Waals surface area contributed by atoms with Gasteiger partial charge in [0.15, 0.2) is 0 Å². The summed E-state index contributed by atoms with van der Waals surface area (Å²) in [5.41, 5.74) is 0.146. The summed E-state index contributed by atoms with van der Waals surface area (Å²) in [5, 5.41) is 0. The molecule has 1 aromatic carbocycles. The lowest BCUT2D eigenvalue weighted by atomic mass is 10.0. The predicted molar refractivity (Wildman–Crippen MR) is 74.4 cm³/mol. The Kier molecular flexibility index (Phi) is 4.61. The lowest BCUT2D eigenvalue weighted by Crippen LogP contribution is -2.41. The van der Waals surface area contributed by atoms with Crippen molar-refractivity contribution in [2.75, 3.05) is 7.11 Å². The Labute approximate surface area is 129 Å². The van der Waals surface area contributed by atoms with Gasteiger partial charge in [-0.3, -0.25) is 4.79 Å². The van der Waals surface area contributed by atoms with Gasteiger partial charge in [-0.25, -0.2) is 13.6 Å². The van der Waals surface area contributed by atoms with E-state index in [4.69, 9.17) is 0 Å². The van der Waals surface area contributed by atoms with Crippen LogP contribution in [0.3, 0.4) is 0 Å². The Hall–Kier alpha value is -1.50. The van der Waals surface area contributed by atoms with Crippen LogP contribution in [-0.4, -0.2) is 29.9 Å². The fourth-order valence-corrected chi connectivity index (χ4v) is 2.92. The number of likely N-dealkylation sites (tertiary alicyclic amines) is 1. The number of amides is 1. The van der Waals surface area contributed by atoms with E-state index >= 15 is 0 Å². The van der Waals surface area contributed by atoms with Gasteiger partial charge in [0, 0.05) is 18.1 Å². The Morgan fingerprint density at radius 1 is 1.43 bits per heavy atom. The Morgan fingerprint density at radius 3 is 2.71 bits per heavy atom. The van der Waals surface area contributed by atoms with Gasteiger partial charge in [0.05, 0.1) is 17.6 Å². The van der Waals surface area contributed by atoms with Crippen LogP contribution in [0.2, 0.25) is 0 Å². The number of esters is 1. The molecule has 0 saturated carbocycles. The summed E-state index contributed by atoms with van der Waals surface area (Å²) in [4.78, 5) is 25.0. The second-order valence-electron chi connectivity index (χ2n) is 4.84. The maximum Gasteiger partial charge on any atom is 0.328 e. The molecule has 1 aliphatic heterocycles. The van der Waals surface area contributed by atoms with Crippen LogP contribution in [0, 0.1) is 11.6 Å². The smallest absolute Gasteiger partial charge is 0.328 e. The van der Waals surface area contributed by atoms with Gasteiger partial charge in [0.25, 0.3) is 0 Å². The van der Waals surface area contributed by atoms with Gasteiger partial charge in [0.1, 0.15) is 17.7 Å². The SMILES string of the molecule is COC(=O)C1CCC(=O)N1C(C)c1cc(Br)c(F)cc1F. The maximum absolute atomic E-state index is 14.0. The van der Waals surface area contributed by atoms with Crippen molar-refractivity contribution in [3.8, 4) is 0 Å². The standard InChI is InChI=1S/C14H14BrF2NO3/c1-7(8-5-9(15)11(17)6-10(8)16)18-12(14(20)21-2)3-4-13(18)19/h5-7,12H,3-4H2,1-2H3. The molecule has 7 heteroatoms. The average molecular weight is 362 g/mol. The number of halogens is 3. The van der Waals surface area contributed by atoms with Crippen molar-refractivity contribution in [3.05, 3.63) is 33.8 Å². The molecule has 2 rings (SSSR count). The molecule has 1 saturated heterocycles. The summed E-state index contributed by atoms with van der Waals surface area (Å²) in [6.45, 7) is 1.60. The van der Waals surface area contributed by atoms with Crippen LogP contribution in [-0.2, 0) is 14.3 Å². The van der Waals surface area contributed by atoms with Crippen molar-refractivity contribution in [3.63, 3.8) is 0 Å². The highest BCUT2D eigenvalue weighted by atomic mass is 79.9. The number of methoxy groups -OCH3 is 1. The molecule has 0 aromatic heterocycles. The molecule has 0 bridgehead atoms. The summed E-state index contributed by atoms with van der Waals surface area (Å²) in [7, 11) is 1.24. The third-order valence-electron chi connectivity index (χ3n) is 3.64. The van der Waals surface area contributed by atoms with Gasteiger partial charge in [0.2, 0.25) is 5.91 Å². The van der Waals surface area contributed by atoms with E-state index in [9.17, 15) is 18.4 Å². The molecule has 0 radical (unpaired) electrons. The first-order chi connectivity index (χ1) is 9.86. The zero-order valence-electron chi connectivity index (χ0n) is 11.5. The normalized spacial score (nSPS) is 19.8. The fraction of sp³-hybridized carbons (Fsp3) is 0.429. The zero-order valence-corrected chi connectivity index (χ0v) is 13.1. The van der Waals surface area contributed by atoms with Crippen molar-refractivity contribution in [2.45, 2.75) is 31.8 Å². The van der Waals surface area contributed by atoms with E-state index in [2.05, 4.69) is 20.7 Å². The van der Waals surface area contributed by atoms with Crippen LogP contribution in [0.1, 0.15) is 31.4 Å². The lowest BCUT2D eigenvalue weighted by molar-refractivity contribution is -0.150. The van der Waals surface area contributed by atoms with Gasteiger partial charge >= 0.3 is 5.97 Å². The van der Waals surface area contributed by atoms with Crippen LogP contribution in [0.15, 0.2) is 16.6 Å². The summed E-state index contributed by atoms with van der Waals surface area (Å²) < 4.78 is 32.0. The van der Waals surface area contributed by atoms with E-state index in [1.54, 1.807) is 6.92 Å². The van der Waals surface area contributed by atoms with E-state index < -0.39 is 29.7 Å². The van der Waals surface area contributed by atoms with Crippen molar-refractivity contribution in [1.29, 1.82) is 0 Å². The molecule has 1 aliphatic rings. The second kappa shape index (κ2) is 6.09. The summed E-state index contributed by atoms with van der Waals surface area (Å²) in [5.74, 6) is -2.26. The number of nitrogens with zero attached hydrogens (tertiary/aromatic N) is 1. The molecule has 1 fully saturated rings. The molecule has 0 aliphatic carbocycles. The molecule has 0 N–H and O–H groups in total. The largest absolute Gasteiger partial charge is 0.467 e. The van der Waals surface area contributed by atoms with Crippen molar-refractivity contribution >= 4 is 27.8 Å². The predicted octanol–water partition coefficient (Wildman–Crippen LogP) is 2.95. The van der Waals surface area contributed by atoms with E-state index in [1.807, 2.05) is 0 Å². The van der Waals surface area contributed by atoms with Crippen molar-refractivity contribution < 1.29 is 23.1 Å². The Morgan fingerprint density at radius 2 is 2.10 bits per heavy atom. The minimum Gasteiger partial charge on any atom is -0.467 e. The van der Waals surface area contributed by atoms with Crippen molar-refractivity contribution in [2.24, 2.45) is 0 Å². The molecular formula is C14H14BrF2NO3. The van der Waals surface area contributed by atoms with Gasteiger partial charge in [-0.1, -0.05) is 0 Å². The number of benzene rings is 1. The second-order valence-corrected chi connectivity index (χ2v) is 5.70. The summed E-state index contributed by atoms with van der Waals surface area (Å²) in [6, 6.07) is 0.612. The maximum atomic E-state index is 14.0. The van der Waals surface area contributed by atoms with Crippen LogP contribution in [0.25, 0.3) is 0 Å². The van der Waals surface area contributed by atoms with Crippen LogP contribution >= 0.6 is 15.9 Å². The molecule has 1 aromatic rings. The zero-order chi connectivity index (χ0) is 15.7. The average Bonchev–Trinajstić information content (AvgIpc) is 2.83. The third kappa shape index (κ3) is 2.92. The molecule has 1 heterocycles. The molecule has 2 unspecified atom stereocenters. The third-order valence-corrected chi connectivity index (χ3v) is 4.24. The van der Waals surface area contributed by atoms with Gasteiger partial charge < -0.3 is 9.64 Å². The Bertz CT molecular complexity index is 594. The first-order valence-electron chi connectivity index (χ1n) is 6.40. The van der Waals surface area contributed by atoms with Gasteiger partial charge in [-0.2, -0.15) is 0 Å². The van der Waals surface area contributed by atoms with Crippen LogP contribution < -0.4 is 0 Å². The number of rotatable bonds is 3. The lowest BCUT2D eigenvalue weighted by Gasteiger charge is -2.30. The molecule has 0 spiro atoms. The minimum absolute atomic E-state index is 0.104. The van der Waals surface area contributed by atoms with Crippen molar-refractivity contribution in [1.82, 2.24) is 4.90 Å². The molecular weight excluding hydrogens is 348 g/mol.